The summed E-state index contributed by atoms with van der Waals surface area (Å²) in [5.41, 5.74) is 0.728. The Kier molecular flexibility index (Phi) is 4.62. The fraction of sp³-hybridized carbons (Fsp3) is 0.417. The second kappa shape index (κ2) is 5.75. The smallest absolute Gasteiger partial charge is 0.161 e. The largest absolute Gasteiger partial charge is 0.493 e. The molecule has 0 amide bonds. The van der Waals surface area contributed by atoms with Gasteiger partial charge in [-0.15, -0.1) is 11.6 Å². The Hall–Kier alpha value is -1.22. The fourth-order valence-electron chi connectivity index (χ4n) is 1.38. The number of ketones is 1. The molecule has 1 unspecified atom stereocenters. The predicted molar refractivity (Wildman–Crippen MR) is 63.4 cm³/mol. The molecular weight excluding hydrogens is 228 g/mol. The van der Waals surface area contributed by atoms with Gasteiger partial charge in [0, 0.05) is 6.42 Å². The first-order chi connectivity index (χ1) is 7.63. The van der Waals surface area contributed by atoms with Gasteiger partial charge < -0.3 is 9.47 Å². The van der Waals surface area contributed by atoms with Crippen LogP contribution in [0.15, 0.2) is 18.2 Å². The Labute approximate surface area is 100 Å². The van der Waals surface area contributed by atoms with Gasteiger partial charge in [-0.25, -0.2) is 0 Å². The van der Waals surface area contributed by atoms with Gasteiger partial charge in [-0.1, -0.05) is 13.0 Å². The molecule has 0 radical (unpaired) electrons. The van der Waals surface area contributed by atoms with Crippen molar-refractivity contribution in [3.05, 3.63) is 23.8 Å². The maximum Gasteiger partial charge on any atom is 0.161 e. The topological polar surface area (TPSA) is 35.5 Å². The summed E-state index contributed by atoms with van der Waals surface area (Å²) in [7, 11) is 3.11. The molecule has 1 rings (SSSR count). The lowest BCUT2D eigenvalue weighted by molar-refractivity contribution is -0.118. The zero-order chi connectivity index (χ0) is 12.1. The summed E-state index contributed by atoms with van der Waals surface area (Å²) in [5.74, 6) is 1.20. The van der Waals surface area contributed by atoms with Crippen molar-refractivity contribution in [3.8, 4) is 11.5 Å². The number of hydrogen-bond donors (Lipinski definition) is 0. The highest BCUT2D eigenvalue weighted by Crippen LogP contribution is 2.32. The number of benzene rings is 1. The van der Waals surface area contributed by atoms with E-state index < -0.39 is 5.38 Å². The molecule has 16 heavy (non-hydrogen) atoms. The van der Waals surface area contributed by atoms with Gasteiger partial charge in [0.1, 0.15) is 5.38 Å². The van der Waals surface area contributed by atoms with E-state index in [1.165, 1.54) is 0 Å². The maximum atomic E-state index is 11.5. The van der Waals surface area contributed by atoms with Crippen LogP contribution >= 0.6 is 11.6 Å². The number of hydrogen-bond acceptors (Lipinski definition) is 3. The summed E-state index contributed by atoms with van der Waals surface area (Å²) in [6.07, 6.45) is 0.419. The first-order valence-electron chi connectivity index (χ1n) is 5.02. The third-order valence-corrected chi connectivity index (χ3v) is 2.83. The van der Waals surface area contributed by atoms with Gasteiger partial charge in [-0.3, -0.25) is 4.79 Å². The number of carbonyl (C=O) groups is 1. The molecule has 0 aliphatic heterocycles. The van der Waals surface area contributed by atoms with E-state index >= 15 is 0 Å². The van der Waals surface area contributed by atoms with Crippen LogP contribution in [0, 0.1) is 0 Å². The molecule has 1 aromatic carbocycles. The van der Waals surface area contributed by atoms with E-state index in [-0.39, 0.29) is 5.78 Å². The van der Waals surface area contributed by atoms with Gasteiger partial charge in [0.05, 0.1) is 14.2 Å². The van der Waals surface area contributed by atoms with Crippen LogP contribution in [0.3, 0.4) is 0 Å². The molecule has 4 heteroatoms. The van der Waals surface area contributed by atoms with E-state index in [1.54, 1.807) is 39.3 Å². The van der Waals surface area contributed by atoms with E-state index in [9.17, 15) is 4.79 Å². The number of ether oxygens (including phenoxy) is 2. The van der Waals surface area contributed by atoms with Crippen molar-refractivity contribution < 1.29 is 14.3 Å². The summed E-state index contributed by atoms with van der Waals surface area (Å²) >= 11 is 6.04. The molecule has 88 valence electrons. The first-order valence-corrected chi connectivity index (χ1v) is 5.46. The van der Waals surface area contributed by atoms with Gasteiger partial charge in [-0.05, 0) is 17.7 Å². The second-order valence-corrected chi connectivity index (χ2v) is 3.73. The van der Waals surface area contributed by atoms with Gasteiger partial charge in [-0.2, -0.15) is 0 Å². The van der Waals surface area contributed by atoms with E-state index in [2.05, 4.69) is 0 Å². The molecule has 0 fully saturated rings. The third-order valence-electron chi connectivity index (χ3n) is 2.33. The predicted octanol–water partition coefficient (Wildman–Crippen LogP) is 2.96. The average molecular weight is 243 g/mol. The molecule has 0 N–H and O–H groups in total. The van der Waals surface area contributed by atoms with Gasteiger partial charge in [0.25, 0.3) is 0 Å². The molecule has 0 saturated carbocycles. The minimum Gasteiger partial charge on any atom is -0.493 e. The normalized spacial score (nSPS) is 12.0. The van der Waals surface area contributed by atoms with E-state index in [4.69, 9.17) is 21.1 Å². The van der Waals surface area contributed by atoms with Crippen molar-refractivity contribution in [2.75, 3.05) is 14.2 Å². The average Bonchev–Trinajstić information content (AvgIpc) is 2.35. The standard InChI is InChI=1S/C12H15ClO3/c1-4-9(14)12(13)8-5-6-10(15-2)11(7-8)16-3/h5-7,12H,4H2,1-3H3. The molecule has 0 aliphatic carbocycles. The minimum absolute atomic E-state index is 0.00566. The van der Waals surface area contributed by atoms with Crippen LogP contribution in [-0.4, -0.2) is 20.0 Å². The third kappa shape index (κ3) is 2.67. The quantitative estimate of drug-likeness (QED) is 0.745. The number of methoxy groups -OCH3 is 2. The van der Waals surface area contributed by atoms with Crippen molar-refractivity contribution in [1.29, 1.82) is 0 Å². The summed E-state index contributed by atoms with van der Waals surface area (Å²) in [4.78, 5) is 11.5. The zero-order valence-corrected chi connectivity index (χ0v) is 10.4. The number of carbonyl (C=O) groups excluding carboxylic acids is 1. The first kappa shape index (κ1) is 12.8. The van der Waals surface area contributed by atoms with Crippen molar-refractivity contribution in [2.24, 2.45) is 0 Å². The second-order valence-electron chi connectivity index (χ2n) is 3.30. The maximum absolute atomic E-state index is 11.5. The van der Waals surface area contributed by atoms with Crippen molar-refractivity contribution in [2.45, 2.75) is 18.7 Å². The summed E-state index contributed by atoms with van der Waals surface area (Å²) in [6, 6.07) is 5.24. The zero-order valence-electron chi connectivity index (χ0n) is 9.62. The Bertz CT molecular complexity index is 377. The van der Waals surface area contributed by atoms with Crippen molar-refractivity contribution in [3.63, 3.8) is 0 Å². The molecule has 0 bridgehead atoms. The lowest BCUT2D eigenvalue weighted by Crippen LogP contribution is -2.05. The number of alkyl halides is 1. The molecule has 1 atom stereocenters. The van der Waals surface area contributed by atoms with Crippen LogP contribution in [0.2, 0.25) is 0 Å². The highest BCUT2D eigenvalue weighted by atomic mass is 35.5. The summed E-state index contributed by atoms with van der Waals surface area (Å²) in [6.45, 7) is 1.79. The van der Waals surface area contributed by atoms with Crippen LogP contribution in [-0.2, 0) is 4.79 Å². The van der Waals surface area contributed by atoms with Crippen LogP contribution in [0.5, 0.6) is 11.5 Å². The Morgan fingerprint density at radius 2 is 1.94 bits per heavy atom. The van der Waals surface area contributed by atoms with E-state index in [1.807, 2.05) is 0 Å². The molecular formula is C12H15ClO3. The van der Waals surface area contributed by atoms with Gasteiger partial charge >= 0.3 is 0 Å². The van der Waals surface area contributed by atoms with E-state index in [0.717, 1.165) is 5.56 Å². The molecule has 0 saturated heterocycles. The van der Waals surface area contributed by atoms with Crippen LogP contribution in [0.25, 0.3) is 0 Å². The molecule has 0 heterocycles. The molecule has 0 aliphatic rings. The monoisotopic (exact) mass is 242 g/mol. The number of halogens is 1. The van der Waals surface area contributed by atoms with Gasteiger partial charge in [0.2, 0.25) is 0 Å². The fourth-order valence-corrected chi connectivity index (χ4v) is 1.67. The SMILES string of the molecule is CCC(=O)C(Cl)c1ccc(OC)c(OC)c1. The molecule has 3 nitrogen and oxygen atoms in total. The minimum atomic E-state index is -0.621. The van der Waals surface area contributed by atoms with Crippen LogP contribution in [0.4, 0.5) is 0 Å². The van der Waals surface area contributed by atoms with Gasteiger partial charge in [0.15, 0.2) is 17.3 Å². The molecule has 0 spiro atoms. The highest BCUT2D eigenvalue weighted by molar-refractivity contribution is 6.31. The lowest BCUT2D eigenvalue weighted by atomic mass is 10.1. The lowest BCUT2D eigenvalue weighted by Gasteiger charge is -2.12. The summed E-state index contributed by atoms with van der Waals surface area (Å²) < 4.78 is 10.3. The van der Waals surface area contributed by atoms with Crippen LogP contribution in [0.1, 0.15) is 24.3 Å². The Balaban J connectivity index is 3.03. The van der Waals surface area contributed by atoms with Crippen molar-refractivity contribution >= 4 is 17.4 Å². The Morgan fingerprint density at radius 3 is 2.44 bits per heavy atom. The van der Waals surface area contributed by atoms with E-state index in [0.29, 0.717) is 17.9 Å². The Morgan fingerprint density at radius 1 is 1.31 bits per heavy atom. The van der Waals surface area contributed by atoms with Crippen molar-refractivity contribution in [1.82, 2.24) is 0 Å². The number of Topliss-reactive ketones (excluding diaryl/α,β-unsaturated/α-hetero) is 1. The summed E-state index contributed by atoms with van der Waals surface area (Å²) in [5, 5.41) is -0.621. The molecule has 1 aromatic rings. The number of rotatable bonds is 5. The highest BCUT2D eigenvalue weighted by Gasteiger charge is 2.17. The van der Waals surface area contributed by atoms with Crippen LogP contribution < -0.4 is 9.47 Å². The molecule has 0 aromatic heterocycles.